The number of rotatable bonds is 2. The minimum Gasteiger partial charge on any atom is -0.365 e. The molecule has 0 atom stereocenters. The number of aromatic amines is 1. The molecule has 2 heterocycles. The van der Waals surface area contributed by atoms with E-state index in [0.717, 1.165) is 5.56 Å². The molecule has 0 saturated carbocycles. The molecular weight excluding hydrogens is 244 g/mol. The first-order valence-electron chi connectivity index (χ1n) is 5.63. The zero-order valence-corrected chi connectivity index (χ0v) is 9.83. The Labute approximate surface area is 107 Å². The summed E-state index contributed by atoms with van der Waals surface area (Å²) in [5.41, 5.74) is 6.69. The van der Waals surface area contributed by atoms with Crippen molar-refractivity contribution in [2.24, 2.45) is 5.73 Å². The van der Waals surface area contributed by atoms with Crippen molar-refractivity contribution in [1.29, 1.82) is 0 Å². The molecule has 1 aromatic carbocycles. The second-order valence-corrected chi connectivity index (χ2v) is 4.06. The molecule has 3 aromatic rings. The summed E-state index contributed by atoms with van der Waals surface area (Å²) in [6.45, 7) is 0. The average molecular weight is 254 g/mol. The van der Waals surface area contributed by atoms with Crippen molar-refractivity contribution in [3.05, 3.63) is 58.5 Å². The Morgan fingerprint density at radius 3 is 2.68 bits per heavy atom. The van der Waals surface area contributed by atoms with Crippen LogP contribution in [0.25, 0.3) is 16.9 Å². The number of carbonyl (C=O) groups is 1. The highest BCUT2D eigenvalue weighted by Crippen LogP contribution is 2.16. The number of aromatic nitrogens is 3. The molecule has 0 spiro atoms. The van der Waals surface area contributed by atoms with Crippen LogP contribution < -0.4 is 11.3 Å². The van der Waals surface area contributed by atoms with Crippen molar-refractivity contribution in [2.75, 3.05) is 0 Å². The van der Waals surface area contributed by atoms with Crippen LogP contribution in [0.2, 0.25) is 0 Å². The van der Waals surface area contributed by atoms with Crippen LogP contribution in [0.1, 0.15) is 10.4 Å². The Kier molecular flexibility index (Phi) is 2.42. The molecule has 0 aliphatic rings. The van der Waals surface area contributed by atoms with Gasteiger partial charge in [-0.15, -0.1) is 0 Å². The summed E-state index contributed by atoms with van der Waals surface area (Å²) in [5, 5.41) is 2.66. The van der Waals surface area contributed by atoms with E-state index < -0.39 is 5.91 Å². The van der Waals surface area contributed by atoms with Crippen LogP contribution in [0, 0.1) is 0 Å². The first-order chi connectivity index (χ1) is 9.16. The van der Waals surface area contributed by atoms with E-state index in [2.05, 4.69) is 10.1 Å². The summed E-state index contributed by atoms with van der Waals surface area (Å²) in [6, 6.07) is 10.7. The summed E-state index contributed by atoms with van der Waals surface area (Å²) in [6.07, 6.45) is 1.38. The predicted molar refractivity (Wildman–Crippen MR) is 69.8 cm³/mol. The van der Waals surface area contributed by atoms with Crippen molar-refractivity contribution < 1.29 is 4.79 Å². The number of benzene rings is 1. The topological polar surface area (TPSA) is 93.3 Å². The Balaban J connectivity index is 2.32. The summed E-state index contributed by atoms with van der Waals surface area (Å²) < 4.78 is 1.19. The predicted octanol–water partition coefficient (Wildman–Crippen LogP) is 0.788. The van der Waals surface area contributed by atoms with Gasteiger partial charge in [-0.3, -0.25) is 14.7 Å². The van der Waals surface area contributed by atoms with Crippen LogP contribution in [-0.2, 0) is 0 Å². The molecule has 94 valence electrons. The van der Waals surface area contributed by atoms with Crippen molar-refractivity contribution in [2.45, 2.75) is 0 Å². The molecule has 3 N–H and O–H groups in total. The molecule has 3 rings (SSSR count). The third kappa shape index (κ3) is 1.79. The third-order valence-electron chi connectivity index (χ3n) is 2.83. The highest BCUT2D eigenvalue weighted by atomic mass is 16.1. The standard InChI is InChI=1S/C13H10N4O2/c14-12(19)9-7-15-17-11(18)6-10(16-13(9)17)8-4-2-1-3-5-8/h1-7,15H,(H2,14,19). The minimum atomic E-state index is -0.629. The van der Waals surface area contributed by atoms with Crippen molar-refractivity contribution >= 4 is 11.6 Å². The normalized spacial score (nSPS) is 10.7. The second-order valence-electron chi connectivity index (χ2n) is 4.06. The van der Waals surface area contributed by atoms with Gasteiger partial charge in [0, 0.05) is 17.8 Å². The van der Waals surface area contributed by atoms with Crippen LogP contribution in [0.3, 0.4) is 0 Å². The van der Waals surface area contributed by atoms with Gasteiger partial charge >= 0.3 is 0 Å². The van der Waals surface area contributed by atoms with Gasteiger partial charge in [0.1, 0.15) is 5.56 Å². The number of primary amides is 1. The highest BCUT2D eigenvalue weighted by Gasteiger charge is 2.13. The molecule has 0 saturated heterocycles. The number of amides is 1. The molecule has 1 amide bonds. The minimum absolute atomic E-state index is 0.190. The molecule has 0 bridgehead atoms. The number of hydrogen-bond acceptors (Lipinski definition) is 3. The SMILES string of the molecule is NC(=O)c1c[nH]n2c(=O)cc(-c3ccccc3)nc12. The maximum atomic E-state index is 11.9. The number of H-pyrrole nitrogens is 1. The van der Waals surface area contributed by atoms with Gasteiger partial charge in [0.15, 0.2) is 5.65 Å². The van der Waals surface area contributed by atoms with E-state index in [-0.39, 0.29) is 16.8 Å². The molecule has 6 heteroatoms. The van der Waals surface area contributed by atoms with Gasteiger partial charge in [0.25, 0.3) is 11.5 Å². The Hall–Kier alpha value is -2.89. The maximum absolute atomic E-state index is 11.9. The Morgan fingerprint density at radius 2 is 2.00 bits per heavy atom. The molecule has 19 heavy (non-hydrogen) atoms. The fraction of sp³-hybridized carbons (Fsp3) is 0. The van der Waals surface area contributed by atoms with E-state index in [4.69, 9.17) is 5.73 Å². The highest BCUT2D eigenvalue weighted by molar-refractivity contribution is 5.98. The third-order valence-corrected chi connectivity index (χ3v) is 2.83. The number of hydrogen-bond donors (Lipinski definition) is 2. The molecule has 2 aromatic heterocycles. The van der Waals surface area contributed by atoms with Crippen molar-refractivity contribution in [3.8, 4) is 11.3 Å². The fourth-order valence-electron chi connectivity index (χ4n) is 1.92. The number of carbonyl (C=O) groups excluding carboxylic acids is 1. The largest absolute Gasteiger partial charge is 0.365 e. The molecular formula is C13H10N4O2. The lowest BCUT2D eigenvalue weighted by atomic mass is 10.1. The summed E-state index contributed by atoms with van der Waals surface area (Å²) in [7, 11) is 0. The van der Waals surface area contributed by atoms with E-state index in [1.165, 1.54) is 16.8 Å². The van der Waals surface area contributed by atoms with Gasteiger partial charge < -0.3 is 5.73 Å². The second kappa shape index (κ2) is 4.09. The maximum Gasteiger partial charge on any atom is 0.273 e. The molecule has 0 fully saturated rings. The number of nitrogens with one attached hydrogen (secondary N) is 1. The lowest BCUT2D eigenvalue weighted by molar-refractivity contribution is 0.100. The lowest BCUT2D eigenvalue weighted by Crippen LogP contribution is -2.16. The van der Waals surface area contributed by atoms with Crippen molar-refractivity contribution in [3.63, 3.8) is 0 Å². The smallest absolute Gasteiger partial charge is 0.273 e. The van der Waals surface area contributed by atoms with Crippen LogP contribution in [-0.4, -0.2) is 20.5 Å². The van der Waals surface area contributed by atoms with Gasteiger partial charge in [-0.1, -0.05) is 30.3 Å². The van der Waals surface area contributed by atoms with Gasteiger partial charge in [0.2, 0.25) is 0 Å². The molecule has 0 radical (unpaired) electrons. The zero-order valence-electron chi connectivity index (χ0n) is 9.83. The zero-order chi connectivity index (χ0) is 13.4. The molecule has 0 aliphatic heterocycles. The van der Waals surface area contributed by atoms with E-state index in [1.54, 1.807) is 0 Å². The van der Waals surface area contributed by atoms with Crippen LogP contribution >= 0.6 is 0 Å². The summed E-state index contributed by atoms with van der Waals surface area (Å²) in [5.74, 6) is -0.629. The first-order valence-corrected chi connectivity index (χ1v) is 5.63. The average Bonchev–Trinajstić information content (AvgIpc) is 2.84. The van der Waals surface area contributed by atoms with Gasteiger partial charge in [-0.05, 0) is 0 Å². The Bertz CT molecular complexity index is 818. The molecule has 0 aliphatic carbocycles. The molecule has 6 nitrogen and oxygen atoms in total. The van der Waals surface area contributed by atoms with E-state index in [9.17, 15) is 9.59 Å². The summed E-state index contributed by atoms with van der Waals surface area (Å²) in [4.78, 5) is 27.5. The summed E-state index contributed by atoms with van der Waals surface area (Å²) >= 11 is 0. The lowest BCUT2D eigenvalue weighted by Gasteiger charge is -2.01. The van der Waals surface area contributed by atoms with Crippen molar-refractivity contribution in [1.82, 2.24) is 14.6 Å². The van der Waals surface area contributed by atoms with Gasteiger partial charge in [-0.25, -0.2) is 9.50 Å². The van der Waals surface area contributed by atoms with Crippen LogP contribution in [0.4, 0.5) is 0 Å². The van der Waals surface area contributed by atoms with Gasteiger partial charge in [0.05, 0.1) is 5.69 Å². The van der Waals surface area contributed by atoms with E-state index in [1.807, 2.05) is 30.3 Å². The van der Waals surface area contributed by atoms with E-state index in [0.29, 0.717) is 5.69 Å². The number of nitrogens with zero attached hydrogens (tertiary/aromatic N) is 2. The quantitative estimate of drug-likeness (QED) is 0.708. The molecule has 0 unspecified atom stereocenters. The van der Waals surface area contributed by atoms with Crippen LogP contribution in [0.15, 0.2) is 47.4 Å². The number of fused-ring (bicyclic) bond motifs is 1. The monoisotopic (exact) mass is 254 g/mol. The van der Waals surface area contributed by atoms with Crippen LogP contribution in [0.5, 0.6) is 0 Å². The van der Waals surface area contributed by atoms with Gasteiger partial charge in [-0.2, -0.15) is 0 Å². The fourth-order valence-corrected chi connectivity index (χ4v) is 1.92. The number of nitrogens with two attached hydrogens (primary N) is 1. The Morgan fingerprint density at radius 1 is 1.26 bits per heavy atom. The van der Waals surface area contributed by atoms with E-state index >= 15 is 0 Å². The first kappa shape index (κ1) is 11.2.